The van der Waals surface area contributed by atoms with Crippen LogP contribution < -0.4 is 11.1 Å². The monoisotopic (exact) mass is 392 g/mol. The topological polar surface area (TPSA) is 171 Å². The summed E-state index contributed by atoms with van der Waals surface area (Å²) in [5.74, 6) is 0.283. The van der Waals surface area contributed by atoms with Crippen LogP contribution in [0.1, 0.15) is 25.6 Å². The highest BCUT2D eigenvalue weighted by Crippen LogP contribution is 2.35. The van der Waals surface area contributed by atoms with Gasteiger partial charge in [-0.3, -0.25) is 0 Å². The van der Waals surface area contributed by atoms with Crippen molar-refractivity contribution in [1.29, 1.82) is 0 Å². The molecule has 0 saturated carbocycles. The Balaban J connectivity index is 2.11. The van der Waals surface area contributed by atoms with E-state index in [2.05, 4.69) is 20.4 Å². The average Bonchev–Trinajstić information content (AvgIpc) is 3.20. The molecule has 1 aliphatic heterocycles. The third-order valence-electron chi connectivity index (χ3n) is 4.56. The van der Waals surface area contributed by atoms with E-state index in [1.165, 1.54) is 17.1 Å². The number of anilines is 1. The Kier molecular flexibility index (Phi) is 5.79. The summed E-state index contributed by atoms with van der Waals surface area (Å²) < 4.78 is 7.06. The molecule has 4 atom stereocenters. The zero-order valence-corrected chi connectivity index (χ0v) is 15.5. The van der Waals surface area contributed by atoms with E-state index >= 15 is 0 Å². The first-order valence-corrected chi connectivity index (χ1v) is 8.72. The number of aromatic nitrogens is 3. The van der Waals surface area contributed by atoms with E-state index in [9.17, 15) is 15.3 Å². The second-order valence-corrected chi connectivity index (χ2v) is 6.75. The van der Waals surface area contributed by atoms with Crippen molar-refractivity contribution in [2.75, 3.05) is 18.5 Å². The largest absolute Gasteiger partial charge is 0.409 e. The van der Waals surface area contributed by atoms with Gasteiger partial charge in [-0.15, -0.1) is 0 Å². The Morgan fingerprint density at radius 1 is 1.36 bits per heavy atom. The van der Waals surface area contributed by atoms with Crippen LogP contribution in [0.5, 0.6) is 0 Å². The van der Waals surface area contributed by atoms with Crippen LogP contribution in [-0.2, 0) is 4.74 Å². The number of hydrogen-bond acceptors (Lipinski definition) is 9. The van der Waals surface area contributed by atoms with Crippen molar-refractivity contribution in [1.82, 2.24) is 14.5 Å². The number of amidine groups is 1. The smallest absolute Gasteiger partial charge is 0.172 e. The molecule has 3 rings (SSSR count). The molecular formula is C17H24N6O5. The number of oxime groups is 1. The summed E-state index contributed by atoms with van der Waals surface area (Å²) in [4.78, 5) is 8.48. The summed E-state index contributed by atoms with van der Waals surface area (Å²) >= 11 is 0. The molecule has 1 saturated heterocycles. The number of rotatable bonds is 6. The fourth-order valence-electron chi connectivity index (χ4n) is 3.12. The van der Waals surface area contributed by atoms with E-state index in [-0.39, 0.29) is 5.84 Å². The minimum absolute atomic E-state index is 0.171. The number of nitrogens with one attached hydrogen (secondary N) is 1. The summed E-state index contributed by atoms with van der Waals surface area (Å²) in [7, 11) is 0. The van der Waals surface area contributed by atoms with Gasteiger partial charge >= 0.3 is 0 Å². The van der Waals surface area contributed by atoms with Crippen LogP contribution in [0.2, 0.25) is 0 Å². The summed E-state index contributed by atoms with van der Waals surface area (Å²) in [6.07, 6.45) is 0.279. The predicted octanol–water partition coefficient (Wildman–Crippen LogP) is -0.485. The number of aliphatic hydroxyl groups is 3. The first-order chi connectivity index (χ1) is 13.4. The van der Waals surface area contributed by atoms with Crippen molar-refractivity contribution in [3.63, 3.8) is 0 Å². The second kappa shape index (κ2) is 8.10. The van der Waals surface area contributed by atoms with Gasteiger partial charge in [0.1, 0.15) is 36.1 Å². The van der Waals surface area contributed by atoms with Crippen molar-refractivity contribution in [3.05, 3.63) is 29.7 Å². The second-order valence-electron chi connectivity index (χ2n) is 6.75. The number of allylic oxidation sites excluding steroid dienone is 1. The van der Waals surface area contributed by atoms with Gasteiger partial charge in [0.05, 0.1) is 17.6 Å². The number of nitrogens with zero attached hydrogens (tertiary/aromatic N) is 4. The molecule has 28 heavy (non-hydrogen) atoms. The van der Waals surface area contributed by atoms with Crippen molar-refractivity contribution < 1.29 is 25.3 Å². The SMILES string of the molecule is CC(C)=CCNc1ncnc2c1c(/C(N)=N\O)cn2[C@@H]1O[C@H](CO)[C@@H](O)[C@H]1O. The Hall–Kier alpha value is -2.73. The highest BCUT2D eigenvalue weighted by molar-refractivity contribution is 6.11. The maximum Gasteiger partial charge on any atom is 0.172 e. The zero-order valence-electron chi connectivity index (χ0n) is 15.5. The molecule has 11 heteroatoms. The van der Waals surface area contributed by atoms with Crippen LogP contribution in [0.4, 0.5) is 5.82 Å². The molecular weight excluding hydrogens is 368 g/mol. The molecule has 11 nitrogen and oxygen atoms in total. The fraction of sp³-hybridized carbons (Fsp3) is 0.471. The molecule has 152 valence electrons. The Bertz CT molecular complexity index is 907. The summed E-state index contributed by atoms with van der Waals surface area (Å²) in [6.45, 7) is 3.99. The Morgan fingerprint density at radius 2 is 2.11 bits per heavy atom. The van der Waals surface area contributed by atoms with Crippen molar-refractivity contribution in [2.24, 2.45) is 10.9 Å². The number of ether oxygens (including phenoxy) is 1. The van der Waals surface area contributed by atoms with Crippen molar-refractivity contribution in [2.45, 2.75) is 38.4 Å². The molecule has 1 fully saturated rings. The van der Waals surface area contributed by atoms with Crippen LogP contribution in [0.3, 0.4) is 0 Å². The van der Waals surface area contributed by atoms with Crippen molar-refractivity contribution in [3.8, 4) is 0 Å². The summed E-state index contributed by atoms with van der Waals surface area (Å²) in [6, 6.07) is 0. The lowest BCUT2D eigenvalue weighted by Crippen LogP contribution is -2.33. The zero-order chi connectivity index (χ0) is 20.4. The molecule has 7 N–H and O–H groups in total. The Labute approximate surface area is 160 Å². The molecule has 0 bridgehead atoms. The normalized spacial score (nSPS) is 25.2. The van der Waals surface area contributed by atoms with Gasteiger partial charge in [0.2, 0.25) is 0 Å². The maximum atomic E-state index is 10.4. The lowest BCUT2D eigenvalue weighted by Gasteiger charge is -2.17. The predicted molar refractivity (Wildman–Crippen MR) is 101 cm³/mol. The van der Waals surface area contributed by atoms with Gasteiger partial charge in [0.15, 0.2) is 12.1 Å². The Morgan fingerprint density at radius 3 is 2.71 bits per heavy atom. The van der Waals surface area contributed by atoms with Gasteiger partial charge in [-0.05, 0) is 13.8 Å². The average molecular weight is 392 g/mol. The van der Waals surface area contributed by atoms with Gasteiger partial charge in [-0.1, -0.05) is 16.8 Å². The van der Waals surface area contributed by atoms with Crippen LogP contribution >= 0.6 is 0 Å². The molecule has 2 aromatic heterocycles. The van der Waals surface area contributed by atoms with E-state index in [0.717, 1.165) is 5.57 Å². The van der Waals surface area contributed by atoms with Crippen LogP contribution in [0.15, 0.2) is 29.3 Å². The molecule has 0 unspecified atom stereocenters. The van der Waals surface area contributed by atoms with E-state index in [1.54, 1.807) is 0 Å². The minimum Gasteiger partial charge on any atom is -0.409 e. The van der Waals surface area contributed by atoms with E-state index in [4.69, 9.17) is 15.7 Å². The standard InChI is InChI=1S/C17H24N6O5/c1-8(2)3-4-19-15-11-9(14(18)22-27)5-23(16(11)21-7-20-15)17-13(26)12(25)10(6-24)28-17/h3,5,7,10,12-13,17,24-27H,4,6H2,1-2H3,(H2,18,22)(H,19,20,21)/t10-,12-,13-,17-/m1/s1. The van der Waals surface area contributed by atoms with Crippen LogP contribution in [0.25, 0.3) is 11.0 Å². The quantitative estimate of drug-likeness (QED) is 0.125. The van der Waals surface area contributed by atoms with Crippen molar-refractivity contribution >= 4 is 22.7 Å². The third-order valence-corrected chi connectivity index (χ3v) is 4.56. The highest BCUT2D eigenvalue weighted by Gasteiger charge is 2.44. The fourth-order valence-corrected chi connectivity index (χ4v) is 3.12. The first-order valence-electron chi connectivity index (χ1n) is 8.72. The molecule has 0 spiro atoms. The molecule has 0 aromatic carbocycles. The van der Waals surface area contributed by atoms with Gasteiger partial charge in [0, 0.05) is 12.7 Å². The van der Waals surface area contributed by atoms with E-state index in [0.29, 0.717) is 29.0 Å². The van der Waals surface area contributed by atoms with Gasteiger partial charge in [-0.25, -0.2) is 9.97 Å². The van der Waals surface area contributed by atoms with Gasteiger partial charge in [0.25, 0.3) is 0 Å². The molecule has 3 heterocycles. The molecule has 2 aromatic rings. The first kappa shape index (κ1) is 20.0. The van der Waals surface area contributed by atoms with Gasteiger partial charge < -0.3 is 40.9 Å². The minimum atomic E-state index is -1.30. The maximum absolute atomic E-state index is 10.4. The lowest BCUT2D eigenvalue weighted by atomic mass is 10.1. The van der Waals surface area contributed by atoms with E-state index in [1.807, 2.05) is 19.9 Å². The van der Waals surface area contributed by atoms with Gasteiger partial charge in [-0.2, -0.15) is 0 Å². The highest BCUT2D eigenvalue weighted by atomic mass is 16.6. The number of aliphatic hydroxyl groups excluding tert-OH is 3. The van der Waals surface area contributed by atoms with E-state index < -0.39 is 31.1 Å². The summed E-state index contributed by atoms with van der Waals surface area (Å²) in [5.41, 5.74) is 7.64. The third kappa shape index (κ3) is 3.52. The number of hydrogen-bond donors (Lipinski definition) is 6. The molecule has 0 amide bonds. The summed E-state index contributed by atoms with van der Waals surface area (Å²) in [5, 5.41) is 45.6. The van der Waals surface area contributed by atoms with Crippen LogP contribution in [-0.4, -0.2) is 72.4 Å². The lowest BCUT2D eigenvalue weighted by molar-refractivity contribution is -0.0508. The van der Waals surface area contributed by atoms with Crippen LogP contribution in [0, 0.1) is 0 Å². The molecule has 0 aliphatic carbocycles. The molecule has 0 radical (unpaired) electrons. The number of fused-ring (bicyclic) bond motifs is 1. The number of nitrogens with two attached hydrogens (primary N) is 1. The molecule has 1 aliphatic rings.